The maximum absolute atomic E-state index is 11.4. The van der Waals surface area contributed by atoms with Gasteiger partial charge >= 0.3 is 0 Å². The van der Waals surface area contributed by atoms with Crippen LogP contribution in [-0.2, 0) is 11.2 Å². The summed E-state index contributed by atoms with van der Waals surface area (Å²) in [6, 6.07) is 11.4. The monoisotopic (exact) mass is 398 g/mol. The van der Waals surface area contributed by atoms with Crippen LogP contribution in [0.4, 0.5) is 5.69 Å². The van der Waals surface area contributed by atoms with Gasteiger partial charge in [-0.2, -0.15) is 0 Å². The van der Waals surface area contributed by atoms with Crippen molar-refractivity contribution in [3.8, 4) is 0 Å². The highest BCUT2D eigenvalue weighted by molar-refractivity contribution is 14.1. The Hall–Kier alpha value is -1.11. The molecule has 1 aliphatic rings. The number of carbonyl (C=O) groups is 1. The molecule has 0 saturated heterocycles. The summed E-state index contributed by atoms with van der Waals surface area (Å²) in [5, 5.41) is 3.37. The quantitative estimate of drug-likeness (QED) is 0.761. The molecule has 3 nitrogen and oxygen atoms in total. The highest BCUT2D eigenvalue weighted by Gasteiger charge is 2.22. The minimum Gasteiger partial charge on any atom is -0.325 e. The minimum absolute atomic E-state index is 0.00365. The van der Waals surface area contributed by atoms with E-state index in [1.165, 1.54) is 0 Å². The fourth-order valence-corrected chi connectivity index (χ4v) is 3.00. The van der Waals surface area contributed by atoms with Gasteiger partial charge in [0, 0.05) is 14.3 Å². The standard InChI is InChI=1S/C15H12ClIN2O/c16-12-7-13-9(6-14(20)19-13)5-11(12)15(18)8-1-3-10(17)4-2-8/h1-5,7,15H,6,18H2,(H,19,20). The molecule has 0 radical (unpaired) electrons. The van der Waals surface area contributed by atoms with Gasteiger partial charge in [-0.25, -0.2) is 0 Å². The van der Waals surface area contributed by atoms with Crippen molar-refractivity contribution in [2.75, 3.05) is 5.32 Å². The van der Waals surface area contributed by atoms with Crippen LogP contribution in [0.5, 0.6) is 0 Å². The SMILES string of the molecule is NC(c1ccc(I)cc1)c1cc2c(cc1Cl)NC(=O)C2. The van der Waals surface area contributed by atoms with Crippen LogP contribution in [0.1, 0.15) is 22.7 Å². The second-order valence-electron chi connectivity index (χ2n) is 4.79. The zero-order valence-electron chi connectivity index (χ0n) is 10.5. The van der Waals surface area contributed by atoms with Crippen LogP contribution in [-0.4, -0.2) is 5.91 Å². The largest absolute Gasteiger partial charge is 0.325 e. The van der Waals surface area contributed by atoms with Crippen LogP contribution < -0.4 is 11.1 Å². The van der Waals surface area contributed by atoms with Gasteiger partial charge in [-0.1, -0.05) is 23.7 Å². The number of benzene rings is 2. The fraction of sp³-hybridized carbons (Fsp3) is 0.133. The van der Waals surface area contributed by atoms with E-state index in [0.29, 0.717) is 11.4 Å². The van der Waals surface area contributed by atoms with E-state index in [9.17, 15) is 4.79 Å². The lowest BCUT2D eigenvalue weighted by atomic mass is 9.97. The molecule has 1 heterocycles. The number of hydrogen-bond donors (Lipinski definition) is 2. The number of hydrogen-bond acceptors (Lipinski definition) is 2. The second-order valence-corrected chi connectivity index (χ2v) is 6.44. The van der Waals surface area contributed by atoms with E-state index in [-0.39, 0.29) is 11.9 Å². The Bertz CT molecular complexity index is 685. The van der Waals surface area contributed by atoms with Crippen molar-refractivity contribution in [1.82, 2.24) is 0 Å². The van der Waals surface area contributed by atoms with Crippen LogP contribution in [0.25, 0.3) is 0 Å². The highest BCUT2D eigenvalue weighted by atomic mass is 127. The van der Waals surface area contributed by atoms with Gasteiger partial charge in [0.25, 0.3) is 0 Å². The van der Waals surface area contributed by atoms with E-state index >= 15 is 0 Å². The molecule has 2 aromatic carbocycles. The molecule has 0 aliphatic carbocycles. The number of carbonyl (C=O) groups excluding carboxylic acids is 1. The van der Waals surface area contributed by atoms with Gasteiger partial charge in [-0.15, -0.1) is 0 Å². The molecule has 3 N–H and O–H groups in total. The summed E-state index contributed by atoms with van der Waals surface area (Å²) in [6.45, 7) is 0. The molecule has 0 aromatic heterocycles. The smallest absolute Gasteiger partial charge is 0.228 e. The number of halogens is 2. The first kappa shape index (κ1) is 13.9. The molecule has 5 heteroatoms. The second kappa shape index (κ2) is 5.35. The summed E-state index contributed by atoms with van der Waals surface area (Å²) in [6.07, 6.45) is 0.388. The Balaban J connectivity index is 2.00. The van der Waals surface area contributed by atoms with E-state index < -0.39 is 0 Å². The molecule has 20 heavy (non-hydrogen) atoms. The third-order valence-corrected chi connectivity index (χ3v) is 4.46. The van der Waals surface area contributed by atoms with Gasteiger partial charge in [0.1, 0.15) is 0 Å². The van der Waals surface area contributed by atoms with Crippen LogP contribution in [0.2, 0.25) is 5.02 Å². The van der Waals surface area contributed by atoms with Crippen LogP contribution in [0.15, 0.2) is 36.4 Å². The molecule has 0 fully saturated rings. The molecular formula is C15H12ClIN2O. The molecule has 1 aliphatic heterocycles. The summed E-state index contributed by atoms with van der Waals surface area (Å²) in [5.74, 6) is -0.00365. The van der Waals surface area contributed by atoms with Gasteiger partial charge in [0.2, 0.25) is 5.91 Å². The number of anilines is 1. The first-order valence-corrected chi connectivity index (χ1v) is 7.63. The Labute approximate surface area is 135 Å². The van der Waals surface area contributed by atoms with Gasteiger partial charge in [0.05, 0.1) is 12.5 Å². The van der Waals surface area contributed by atoms with Crippen molar-refractivity contribution in [1.29, 1.82) is 0 Å². The molecular weight excluding hydrogens is 387 g/mol. The zero-order chi connectivity index (χ0) is 14.3. The van der Waals surface area contributed by atoms with E-state index in [1.54, 1.807) is 6.07 Å². The van der Waals surface area contributed by atoms with Gasteiger partial charge in [-0.05, 0) is 63.5 Å². The van der Waals surface area contributed by atoms with Crippen molar-refractivity contribution in [3.05, 3.63) is 61.7 Å². The van der Waals surface area contributed by atoms with Crippen molar-refractivity contribution in [2.24, 2.45) is 5.73 Å². The molecule has 1 atom stereocenters. The topological polar surface area (TPSA) is 55.1 Å². The lowest BCUT2D eigenvalue weighted by Crippen LogP contribution is -2.12. The summed E-state index contributed by atoms with van der Waals surface area (Å²) < 4.78 is 1.16. The Morgan fingerprint density at radius 1 is 1.25 bits per heavy atom. The predicted octanol–water partition coefficient (Wildman–Crippen LogP) is 3.49. The molecule has 1 amide bonds. The van der Waals surface area contributed by atoms with Crippen LogP contribution in [0, 0.1) is 3.57 Å². The van der Waals surface area contributed by atoms with Gasteiger partial charge in [-0.3, -0.25) is 4.79 Å². The highest BCUT2D eigenvalue weighted by Crippen LogP contribution is 2.34. The molecule has 102 valence electrons. The normalized spacial score (nSPS) is 14.8. The number of nitrogens with two attached hydrogens (primary N) is 1. The van der Waals surface area contributed by atoms with Crippen LogP contribution in [0.3, 0.4) is 0 Å². The third-order valence-electron chi connectivity index (χ3n) is 3.41. The molecule has 0 saturated carbocycles. The van der Waals surface area contributed by atoms with E-state index in [4.69, 9.17) is 17.3 Å². The van der Waals surface area contributed by atoms with E-state index in [0.717, 1.165) is 25.9 Å². The summed E-state index contributed by atoms with van der Waals surface area (Å²) in [5.41, 5.74) is 9.90. The maximum atomic E-state index is 11.4. The minimum atomic E-state index is -0.291. The van der Waals surface area contributed by atoms with Crippen molar-refractivity contribution in [3.63, 3.8) is 0 Å². The van der Waals surface area contributed by atoms with Gasteiger partial charge < -0.3 is 11.1 Å². The first-order chi connectivity index (χ1) is 9.54. The zero-order valence-corrected chi connectivity index (χ0v) is 13.4. The first-order valence-electron chi connectivity index (χ1n) is 6.18. The number of amides is 1. The maximum Gasteiger partial charge on any atom is 0.228 e. The summed E-state index contributed by atoms with van der Waals surface area (Å²) >= 11 is 8.55. The Morgan fingerprint density at radius 3 is 2.65 bits per heavy atom. The van der Waals surface area contributed by atoms with Crippen molar-refractivity contribution < 1.29 is 4.79 Å². The molecule has 0 bridgehead atoms. The molecule has 1 unspecified atom stereocenters. The third kappa shape index (κ3) is 2.55. The average molecular weight is 399 g/mol. The molecule has 3 rings (SSSR count). The van der Waals surface area contributed by atoms with Crippen molar-refractivity contribution >= 4 is 45.8 Å². The van der Waals surface area contributed by atoms with E-state index in [2.05, 4.69) is 27.9 Å². The Kier molecular flexibility index (Phi) is 3.70. The Morgan fingerprint density at radius 2 is 1.95 bits per heavy atom. The lowest BCUT2D eigenvalue weighted by Gasteiger charge is -2.16. The predicted molar refractivity (Wildman–Crippen MR) is 89.0 cm³/mol. The average Bonchev–Trinajstić information content (AvgIpc) is 2.77. The molecule has 0 spiro atoms. The number of rotatable bonds is 2. The van der Waals surface area contributed by atoms with Crippen molar-refractivity contribution in [2.45, 2.75) is 12.5 Å². The van der Waals surface area contributed by atoms with Crippen LogP contribution >= 0.6 is 34.2 Å². The fourth-order valence-electron chi connectivity index (χ4n) is 2.36. The molecule has 2 aromatic rings. The number of nitrogens with one attached hydrogen (secondary N) is 1. The number of fused-ring (bicyclic) bond motifs is 1. The summed E-state index contributed by atoms with van der Waals surface area (Å²) in [7, 11) is 0. The van der Waals surface area contributed by atoms with Gasteiger partial charge in [0.15, 0.2) is 0 Å². The summed E-state index contributed by atoms with van der Waals surface area (Å²) in [4.78, 5) is 11.4. The van der Waals surface area contributed by atoms with E-state index in [1.807, 2.05) is 30.3 Å². The lowest BCUT2D eigenvalue weighted by molar-refractivity contribution is -0.115.